The molecule has 1 aromatic rings. The quantitative estimate of drug-likeness (QED) is 0.239. The fourth-order valence-corrected chi connectivity index (χ4v) is 3.31. The zero-order valence-electron chi connectivity index (χ0n) is 16.3. The molecule has 0 amide bonds. The second-order valence-electron chi connectivity index (χ2n) is 6.38. The third-order valence-corrected chi connectivity index (χ3v) is 4.77. The van der Waals surface area contributed by atoms with E-state index in [-0.39, 0.29) is 30.1 Å². The summed E-state index contributed by atoms with van der Waals surface area (Å²) < 4.78 is 16.3. The van der Waals surface area contributed by atoms with E-state index in [0.29, 0.717) is 30.7 Å². The normalized spacial score (nSPS) is 18.3. The van der Waals surface area contributed by atoms with Gasteiger partial charge < -0.3 is 24.4 Å². The maximum atomic E-state index is 6.09. The predicted molar refractivity (Wildman–Crippen MR) is 120 cm³/mol. The highest BCUT2D eigenvalue weighted by Crippen LogP contribution is 2.20. The SMILES string of the molecule is CN=C(NCC(OC)c1cccc(Cl)c1)N1CCC(COCCOC)C1.I. The second kappa shape index (κ2) is 13.5. The third kappa shape index (κ3) is 8.11. The minimum absolute atomic E-state index is 0. The van der Waals surface area contributed by atoms with Gasteiger partial charge in [0.05, 0.1) is 25.9 Å². The highest BCUT2D eigenvalue weighted by molar-refractivity contribution is 14.0. The molecule has 2 rings (SSSR count). The van der Waals surface area contributed by atoms with Gasteiger partial charge >= 0.3 is 0 Å². The van der Waals surface area contributed by atoms with Crippen LogP contribution in [-0.4, -0.2) is 71.6 Å². The Morgan fingerprint density at radius 2 is 2.19 bits per heavy atom. The number of hydrogen-bond donors (Lipinski definition) is 1. The Hall–Kier alpha value is -0.610. The molecule has 2 unspecified atom stereocenters. The molecule has 6 nitrogen and oxygen atoms in total. The molecule has 154 valence electrons. The van der Waals surface area contributed by atoms with Crippen molar-refractivity contribution in [2.45, 2.75) is 12.5 Å². The fraction of sp³-hybridized carbons (Fsp3) is 0.632. The smallest absolute Gasteiger partial charge is 0.193 e. The Morgan fingerprint density at radius 3 is 2.85 bits per heavy atom. The van der Waals surface area contributed by atoms with E-state index in [9.17, 15) is 0 Å². The van der Waals surface area contributed by atoms with Crippen molar-refractivity contribution in [2.75, 3.05) is 60.7 Å². The van der Waals surface area contributed by atoms with Crippen molar-refractivity contribution in [2.24, 2.45) is 10.9 Å². The summed E-state index contributed by atoms with van der Waals surface area (Å²) in [6, 6.07) is 7.76. The molecule has 0 radical (unpaired) electrons. The maximum Gasteiger partial charge on any atom is 0.193 e. The molecular formula is C19H31ClIN3O3. The molecule has 1 aromatic carbocycles. The average molecular weight is 512 g/mol. The van der Waals surface area contributed by atoms with Gasteiger partial charge in [0.25, 0.3) is 0 Å². The van der Waals surface area contributed by atoms with Crippen molar-refractivity contribution in [1.29, 1.82) is 0 Å². The first-order valence-electron chi connectivity index (χ1n) is 8.98. The first kappa shape index (κ1) is 24.4. The molecule has 1 aliphatic heterocycles. The van der Waals surface area contributed by atoms with E-state index in [1.165, 1.54) is 0 Å². The standard InChI is InChI=1S/C19H30ClN3O3.HI/c1-21-19(23-8-7-15(13-23)14-26-10-9-24-2)22-12-18(25-3)16-5-4-6-17(20)11-16;/h4-6,11,15,18H,7-10,12-14H2,1-3H3,(H,21,22);1H. The number of methoxy groups -OCH3 is 2. The van der Waals surface area contributed by atoms with Crippen LogP contribution in [0.5, 0.6) is 0 Å². The number of rotatable bonds is 9. The number of nitrogens with one attached hydrogen (secondary N) is 1. The number of nitrogens with zero attached hydrogens (tertiary/aromatic N) is 2. The molecular weight excluding hydrogens is 481 g/mol. The number of benzene rings is 1. The molecule has 0 aliphatic carbocycles. The van der Waals surface area contributed by atoms with E-state index < -0.39 is 0 Å². The maximum absolute atomic E-state index is 6.09. The van der Waals surface area contributed by atoms with E-state index in [2.05, 4.69) is 15.2 Å². The molecule has 1 N–H and O–H groups in total. The third-order valence-electron chi connectivity index (χ3n) is 4.53. The first-order valence-corrected chi connectivity index (χ1v) is 9.36. The average Bonchev–Trinajstić information content (AvgIpc) is 3.11. The topological polar surface area (TPSA) is 55.3 Å². The van der Waals surface area contributed by atoms with E-state index in [4.69, 9.17) is 25.8 Å². The summed E-state index contributed by atoms with van der Waals surface area (Å²) in [5, 5.41) is 4.14. The lowest BCUT2D eigenvalue weighted by atomic mass is 10.1. The molecule has 1 saturated heterocycles. The first-order chi connectivity index (χ1) is 12.7. The van der Waals surface area contributed by atoms with Crippen molar-refractivity contribution in [3.05, 3.63) is 34.9 Å². The lowest BCUT2D eigenvalue weighted by molar-refractivity contribution is 0.0536. The summed E-state index contributed by atoms with van der Waals surface area (Å²) in [4.78, 5) is 6.69. The summed E-state index contributed by atoms with van der Waals surface area (Å²) in [7, 11) is 5.21. The van der Waals surface area contributed by atoms with E-state index in [0.717, 1.165) is 37.6 Å². The van der Waals surface area contributed by atoms with E-state index in [1.807, 2.05) is 31.3 Å². The van der Waals surface area contributed by atoms with Gasteiger partial charge in [-0.1, -0.05) is 23.7 Å². The molecule has 1 aliphatic rings. The van der Waals surface area contributed by atoms with Crippen molar-refractivity contribution in [1.82, 2.24) is 10.2 Å². The summed E-state index contributed by atoms with van der Waals surface area (Å²) in [5.41, 5.74) is 1.05. The van der Waals surface area contributed by atoms with Crippen LogP contribution in [0, 0.1) is 5.92 Å². The molecule has 1 fully saturated rings. The second-order valence-corrected chi connectivity index (χ2v) is 6.81. The predicted octanol–water partition coefficient (Wildman–Crippen LogP) is 3.21. The van der Waals surface area contributed by atoms with Gasteiger partial charge in [-0.3, -0.25) is 4.99 Å². The Bertz CT molecular complexity index is 577. The van der Waals surface area contributed by atoms with Crippen LogP contribution >= 0.6 is 35.6 Å². The van der Waals surface area contributed by atoms with E-state index >= 15 is 0 Å². The van der Waals surface area contributed by atoms with Crippen molar-refractivity contribution in [3.63, 3.8) is 0 Å². The van der Waals surface area contributed by atoms with Crippen LogP contribution in [0.4, 0.5) is 0 Å². The monoisotopic (exact) mass is 511 g/mol. The number of hydrogen-bond acceptors (Lipinski definition) is 4. The minimum atomic E-state index is -0.0822. The number of halogens is 2. The zero-order valence-corrected chi connectivity index (χ0v) is 19.4. The fourth-order valence-electron chi connectivity index (χ4n) is 3.11. The highest BCUT2D eigenvalue weighted by Gasteiger charge is 2.25. The molecule has 1 heterocycles. The van der Waals surface area contributed by atoms with Crippen LogP contribution in [0.15, 0.2) is 29.3 Å². The van der Waals surface area contributed by atoms with Crippen LogP contribution in [-0.2, 0) is 14.2 Å². The number of ether oxygens (including phenoxy) is 3. The molecule has 0 bridgehead atoms. The molecule has 0 saturated carbocycles. The molecule has 0 aromatic heterocycles. The lowest BCUT2D eigenvalue weighted by Crippen LogP contribution is -2.42. The number of aliphatic imine (C=N–C) groups is 1. The van der Waals surface area contributed by atoms with E-state index in [1.54, 1.807) is 14.2 Å². The Labute approximate surface area is 184 Å². The van der Waals surface area contributed by atoms with Gasteiger partial charge in [-0.15, -0.1) is 24.0 Å². The molecule has 8 heteroatoms. The van der Waals surface area contributed by atoms with Crippen LogP contribution in [0.3, 0.4) is 0 Å². The van der Waals surface area contributed by atoms with Crippen molar-refractivity contribution >= 4 is 41.5 Å². The van der Waals surface area contributed by atoms with Gasteiger partial charge in [-0.05, 0) is 24.1 Å². The summed E-state index contributed by atoms with van der Waals surface area (Å²) in [5.74, 6) is 1.42. The van der Waals surface area contributed by atoms with Crippen LogP contribution in [0.1, 0.15) is 18.1 Å². The van der Waals surface area contributed by atoms with Gasteiger partial charge in [0.1, 0.15) is 0 Å². The Morgan fingerprint density at radius 1 is 1.37 bits per heavy atom. The van der Waals surface area contributed by atoms with Gasteiger partial charge in [0.2, 0.25) is 0 Å². The van der Waals surface area contributed by atoms with Gasteiger partial charge in [-0.25, -0.2) is 0 Å². The van der Waals surface area contributed by atoms with Crippen LogP contribution < -0.4 is 5.32 Å². The Kier molecular flexibility index (Phi) is 12.3. The summed E-state index contributed by atoms with van der Waals surface area (Å²) >= 11 is 6.09. The highest BCUT2D eigenvalue weighted by atomic mass is 127. The number of guanidine groups is 1. The van der Waals surface area contributed by atoms with Gasteiger partial charge in [0.15, 0.2) is 5.96 Å². The number of likely N-dealkylation sites (tertiary alicyclic amines) is 1. The van der Waals surface area contributed by atoms with Crippen molar-refractivity contribution < 1.29 is 14.2 Å². The van der Waals surface area contributed by atoms with Gasteiger partial charge in [-0.2, -0.15) is 0 Å². The molecule has 0 spiro atoms. The lowest BCUT2D eigenvalue weighted by Gasteiger charge is -2.24. The van der Waals surface area contributed by atoms with Crippen LogP contribution in [0.25, 0.3) is 0 Å². The molecule has 27 heavy (non-hydrogen) atoms. The largest absolute Gasteiger partial charge is 0.382 e. The summed E-state index contributed by atoms with van der Waals surface area (Å²) in [6.07, 6.45) is 1.02. The summed E-state index contributed by atoms with van der Waals surface area (Å²) in [6.45, 7) is 4.61. The zero-order chi connectivity index (χ0) is 18.8. The Balaban J connectivity index is 0.00000364. The minimum Gasteiger partial charge on any atom is -0.382 e. The molecule has 2 atom stereocenters. The van der Waals surface area contributed by atoms with Crippen molar-refractivity contribution in [3.8, 4) is 0 Å². The van der Waals surface area contributed by atoms with Gasteiger partial charge in [0, 0.05) is 51.8 Å². The van der Waals surface area contributed by atoms with Crippen LogP contribution in [0.2, 0.25) is 5.02 Å².